The molecule has 4 nitrogen and oxygen atoms in total. The van der Waals surface area contributed by atoms with Crippen LogP contribution in [0.3, 0.4) is 0 Å². The van der Waals surface area contributed by atoms with Crippen molar-refractivity contribution in [2.24, 2.45) is 0 Å². The van der Waals surface area contributed by atoms with Crippen molar-refractivity contribution in [3.8, 4) is 0 Å². The lowest BCUT2D eigenvalue weighted by molar-refractivity contribution is -0.126. The van der Waals surface area contributed by atoms with E-state index in [2.05, 4.69) is 0 Å². The molecule has 1 aliphatic heterocycles. The molecule has 0 aliphatic carbocycles. The van der Waals surface area contributed by atoms with E-state index in [0.717, 1.165) is 23.6 Å². The molecule has 1 amide bonds. The van der Waals surface area contributed by atoms with Crippen LogP contribution in [0.4, 0.5) is 0 Å². The van der Waals surface area contributed by atoms with Crippen molar-refractivity contribution < 1.29 is 13.2 Å². The van der Waals surface area contributed by atoms with E-state index >= 15 is 0 Å². The van der Waals surface area contributed by atoms with Crippen LogP contribution in [-0.4, -0.2) is 30.4 Å². The van der Waals surface area contributed by atoms with E-state index in [1.54, 1.807) is 6.92 Å². The second kappa shape index (κ2) is 4.96. The average molecular weight is 233 g/mol. The lowest BCUT2D eigenvalue weighted by atomic mass is 10.2. The van der Waals surface area contributed by atoms with Crippen molar-refractivity contribution in [2.75, 3.05) is 6.54 Å². The molecule has 0 radical (unpaired) electrons. The molecule has 1 heterocycles. The molecule has 0 saturated carbocycles. The Labute approximate surface area is 91.7 Å². The highest BCUT2D eigenvalue weighted by Crippen LogP contribution is 2.19. The van der Waals surface area contributed by atoms with Crippen LogP contribution in [0.25, 0.3) is 0 Å². The highest BCUT2D eigenvalue weighted by atomic mass is 32.2. The topological polar surface area (TPSA) is 54.5 Å². The Morgan fingerprint density at radius 2 is 2.00 bits per heavy atom. The number of carbonyl (C=O) groups is 1. The van der Waals surface area contributed by atoms with E-state index in [4.69, 9.17) is 0 Å². The van der Waals surface area contributed by atoms with Gasteiger partial charge in [-0.05, 0) is 26.2 Å². The van der Waals surface area contributed by atoms with E-state index in [-0.39, 0.29) is 5.91 Å². The quantitative estimate of drug-likeness (QED) is 0.742. The Bertz CT molecular complexity index is 324. The van der Waals surface area contributed by atoms with Gasteiger partial charge in [0.05, 0.1) is 5.25 Å². The molecule has 88 valence electrons. The molecular weight excluding hydrogens is 214 g/mol. The highest BCUT2D eigenvalue weighted by molar-refractivity contribution is 7.90. The second-order valence-corrected chi connectivity index (χ2v) is 6.32. The molecule has 0 spiro atoms. The summed E-state index contributed by atoms with van der Waals surface area (Å²) in [5.74, 6) is -0.229. The number of hydrogen-bond donors (Lipinski definition) is 0. The van der Waals surface area contributed by atoms with Crippen molar-refractivity contribution in [2.45, 2.75) is 51.2 Å². The summed E-state index contributed by atoms with van der Waals surface area (Å²) in [6.45, 7) is 3.85. The van der Waals surface area contributed by atoms with Gasteiger partial charge in [-0.25, -0.2) is 12.7 Å². The van der Waals surface area contributed by atoms with Gasteiger partial charge in [-0.15, -0.1) is 0 Å². The van der Waals surface area contributed by atoms with E-state index < -0.39 is 15.3 Å². The van der Waals surface area contributed by atoms with Crippen LogP contribution < -0.4 is 0 Å². The molecule has 1 rings (SSSR count). The second-order valence-electron chi connectivity index (χ2n) is 4.04. The molecule has 0 aromatic rings. The van der Waals surface area contributed by atoms with Gasteiger partial charge in [0.25, 0.3) is 0 Å². The molecule has 15 heavy (non-hydrogen) atoms. The molecule has 1 atom stereocenters. The number of amides is 1. The summed E-state index contributed by atoms with van der Waals surface area (Å²) in [6, 6.07) is 0. The standard InChI is InChI=1S/C10H19NO3S/c1-3-9(2)15(13,14)11-8-6-4-5-7-10(11)12/h9H,3-8H2,1-2H3. The third-order valence-corrected chi connectivity index (χ3v) is 5.27. The molecular formula is C10H19NO3S. The summed E-state index contributed by atoms with van der Waals surface area (Å²) in [4.78, 5) is 11.6. The summed E-state index contributed by atoms with van der Waals surface area (Å²) in [6.07, 6.45) is 3.47. The fourth-order valence-corrected chi connectivity index (χ4v) is 3.27. The molecule has 0 aromatic carbocycles. The maximum absolute atomic E-state index is 12.0. The molecule has 0 aromatic heterocycles. The van der Waals surface area contributed by atoms with E-state index in [9.17, 15) is 13.2 Å². The molecule has 1 unspecified atom stereocenters. The highest BCUT2D eigenvalue weighted by Gasteiger charge is 2.31. The third kappa shape index (κ3) is 2.71. The lowest BCUT2D eigenvalue weighted by Gasteiger charge is -2.23. The first-order valence-electron chi connectivity index (χ1n) is 5.54. The SMILES string of the molecule is CCC(C)S(=O)(=O)N1CCCCCC1=O. The van der Waals surface area contributed by atoms with Gasteiger partial charge in [0, 0.05) is 13.0 Å². The first-order valence-corrected chi connectivity index (χ1v) is 7.05. The van der Waals surface area contributed by atoms with Crippen LogP contribution >= 0.6 is 0 Å². The summed E-state index contributed by atoms with van der Waals surface area (Å²) in [5, 5.41) is -0.459. The van der Waals surface area contributed by atoms with Crippen LogP contribution in [0.5, 0.6) is 0 Å². The van der Waals surface area contributed by atoms with Crippen molar-refractivity contribution in [1.82, 2.24) is 4.31 Å². The fraction of sp³-hybridized carbons (Fsp3) is 0.900. The van der Waals surface area contributed by atoms with Gasteiger partial charge in [-0.3, -0.25) is 4.79 Å². The van der Waals surface area contributed by atoms with Crippen LogP contribution in [0, 0.1) is 0 Å². The number of rotatable bonds is 3. The van der Waals surface area contributed by atoms with Gasteiger partial charge in [0.1, 0.15) is 0 Å². The van der Waals surface area contributed by atoms with Crippen molar-refractivity contribution in [1.29, 1.82) is 0 Å². The maximum atomic E-state index is 12.0. The maximum Gasteiger partial charge on any atom is 0.239 e. The zero-order valence-corrected chi connectivity index (χ0v) is 10.2. The van der Waals surface area contributed by atoms with Crippen molar-refractivity contribution >= 4 is 15.9 Å². The Balaban J connectivity index is 2.88. The zero-order chi connectivity index (χ0) is 11.5. The summed E-state index contributed by atoms with van der Waals surface area (Å²) in [5.41, 5.74) is 0. The number of nitrogens with zero attached hydrogens (tertiary/aromatic N) is 1. The fourth-order valence-electron chi connectivity index (χ4n) is 1.65. The van der Waals surface area contributed by atoms with Crippen molar-refractivity contribution in [3.63, 3.8) is 0 Å². The summed E-state index contributed by atoms with van der Waals surface area (Å²) >= 11 is 0. The molecule has 5 heteroatoms. The van der Waals surface area contributed by atoms with Gasteiger partial charge in [0.2, 0.25) is 15.9 Å². The van der Waals surface area contributed by atoms with Crippen LogP contribution in [0.1, 0.15) is 46.0 Å². The van der Waals surface area contributed by atoms with E-state index in [1.165, 1.54) is 0 Å². The Kier molecular flexibility index (Phi) is 4.13. The molecule has 1 aliphatic rings. The lowest BCUT2D eigenvalue weighted by Crippen LogP contribution is -2.41. The third-order valence-electron chi connectivity index (χ3n) is 2.92. The first kappa shape index (κ1) is 12.5. The zero-order valence-electron chi connectivity index (χ0n) is 9.40. The normalized spacial score (nSPS) is 21.2. The summed E-state index contributed by atoms with van der Waals surface area (Å²) in [7, 11) is -3.40. The number of hydrogen-bond acceptors (Lipinski definition) is 3. The first-order chi connectivity index (χ1) is 7.00. The van der Waals surface area contributed by atoms with E-state index in [0.29, 0.717) is 19.4 Å². The van der Waals surface area contributed by atoms with Gasteiger partial charge in [-0.1, -0.05) is 13.3 Å². The smallest absolute Gasteiger partial charge is 0.239 e. The predicted molar refractivity (Wildman–Crippen MR) is 58.9 cm³/mol. The molecule has 1 fully saturated rings. The Hall–Kier alpha value is -0.580. The van der Waals surface area contributed by atoms with Gasteiger partial charge >= 0.3 is 0 Å². The minimum absolute atomic E-state index is 0.229. The van der Waals surface area contributed by atoms with Gasteiger partial charge < -0.3 is 0 Å². The minimum atomic E-state index is -3.40. The molecule has 0 N–H and O–H groups in total. The Morgan fingerprint density at radius 1 is 1.33 bits per heavy atom. The summed E-state index contributed by atoms with van der Waals surface area (Å²) < 4.78 is 25.1. The minimum Gasteiger partial charge on any atom is -0.274 e. The van der Waals surface area contributed by atoms with Crippen LogP contribution in [-0.2, 0) is 14.8 Å². The average Bonchev–Trinajstić information content (AvgIpc) is 2.41. The van der Waals surface area contributed by atoms with Gasteiger partial charge in [0.15, 0.2) is 0 Å². The Morgan fingerprint density at radius 3 is 2.60 bits per heavy atom. The van der Waals surface area contributed by atoms with Gasteiger partial charge in [-0.2, -0.15) is 0 Å². The van der Waals surface area contributed by atoms with Crippen molar-refractivity contribution in [3.05, 3.63) is 0 Å². The number of carbonyl (C=O) groups excluding carboxylic acids is 1. The van der Waals surface area contributed by atoms with E-state index in [1.807, 2.05) is 6.92 Å². The molecule has 1 saturated heterocycles. The largest absolute Gasteiger partial charge is 0.274 e. The van der Waals surface area contributed by atoms with Crippen LogP contribution in [0.2, 0.25) is 0 Å². The number of sulfonamides is 1. The monoisotopic (exact) mass is 233 g/mol. The van der Waals surface area contributed by atoms with Crippen LogP contribution in [0.15, 0.2) is 0 Å². The predicted octanol–water partition coefficient (Wildman–Crippen LogP) is 1.52. The molecule has 0 bridgehead atoms.